The van der Waals surface area contributed by atoms with Gasteiger partial charge in [-0.2, -0.15) is 0 Å². The number of hydrogen-bond acceptors (Lipinski definition) is 1. The average molecular weight is 300 g/mol. The highest BCUT2D eigenvalue weighted by Crippen LogP contribution is 2.15. The molecule has 0 N–H and O–H groups in total. The normalized spacial score (nSPS) is 10.5. The van der Waals surface area contributed by atoms with Crippen LogP contribution in [-0.4, -0.2) is 5.78 Å². The third kappa shape index (κ3) is 3.75. The lowest BCUT2D eigenvalue weighted by atomic mass is 9.99. The van der Waals surface area contributed by atoms with Crippen LogP contribution in [0.25, 0.3) is 0 Å². The third-order valence-electron chi connectivity index (χ3n) is 4.06. The SMILES string of the molecule is Cc1ccc(Cc2ccc(C(=O)c3ccc(C)cc3)cc2)cc1. The van der Waals surface area contributed by atoms with E-state index in [2.05, 4.69) is 31.2 Å². The molecular formula is C22H20O. The number of aryl methyl sites for hydroxylation is 2. The summed E-state index contributed by atoms with van der Waals surface area (Å²) < 4.78 is 0. The monoisotopic (exact) mass is 300 g/mol. The van der Waals surface area contributed by atoms with Crippen molar-refractivity contribution in [3.8, 4) is 0 Å². The third-order valence-corrected chi connectivity index (χ3v) is 4.06. The lowest BCUT2D eigenvalue weighted by Crippen LogP contribution is -2.01. The first-order chi connectivity index (χ1) is 11.1. The van der Waals surface area contributed by atoms with Crippen molar-refractivity contribution < 1.29 is 4.79 Å². The van der Waals surface area contributed by atoms with Gasteiger partial charge in [-0.05, 0) is 31.4 Å². The molecule has 0 saturated carbocycles. The molecule has 0 aliphatic heterocycles. The van der Waals surface area contributed by atoms with Crippen LogP contribution in [0.4, 0.5) is 0 Å². The summed E-state index contributed by atoms with van der Waals surface area (Å²) >= 11 is 0. The quantitative estimate of drug-likeness (QED) is 0.611. The Morgan fingerprint density at radius 2 is 0.957 bits per heavy atom. The van der Waals surface area contributed by atoms with E-state index in [-0.39, 0.29) is 5.78 Å². The van der Waals surface area contributed by atoms with Crippen LogP contribution in [0, 0.1) is 13.8 Å². The maximum atomic E-state index is 12.5. The molecule has 0 saturated heterocycles. The highest BCUT2D eigenvalue weighted by atomic mass is 16.1. The van der Waals surface area contributed by atoms with Gasteiger partial charge in [-0.15, -0.1) is 0 Å². The molecule has 0 amide bonds. The summed E-state index contributed by atoms with van der Waals surface area (Å²) in [5.41, 5.74) is 6.41. The van der Waals surface area contributed by atoms with Gasteiger partial charge in [-0.25, -0.2) is 0 Å². The van der Waals surface area contributed by atoms with Crippen molar-refractivity contribution in [3.63, 3.8) is 0 Å². The largest absolute Gasteiger partial charge is 0.289 e. The summed E-state index contributed by atoms with van der Waals surface area (Å²) in [7, 11) is 0. The zero-order valence-electron chi connectivity index (χ0n) is 13.5. The van der Waals surface area contributed by atoms with Crippen molar-refractivity contribution in [1.82, 2.24) is 0 Å². The molecule has 3 aromatic rings. The van der Waals surface area contributed by atoms with Gasteiger partial charge >= 0.3 is 0 Å². The van der Waals surface area contributed by atoms with E-state index in [1.807, 2.05) is 55.5 Å². The van der Waals surface area contributed by atoms with E-state index in [4.69, 9.17) is 0 Å². The molecule has 0 heterocycles. The number of carbonyl (C=O) groups excluding carboxylic acids is 1. The van der Waals surface area contributed by atoms with Crippen LogP contribution in [0.1, 0.15) is 38.2 Å². The summed E-state index contributed by atoms with van der Waals surface area (Å²) in [5.74, 6) is 0.0758. The maximum Gasteiger partial charge on any atom is 0.193 e. The predicted octanol–water partition coefficient (Wildman–Crippen LogP) is 5.13. The van der Waals surface area contributed by atoms with Crippen LogP contribution in [0.2, 0.25) is 0 Å². The molecule has 23 heavy (non-hydrogen) atoms. The number of rotatable bonds is 4. The van der Waals surface area contributed by atoms with Crippen molar-refractivity contribution in [3.05, 3.63) is 106 Å². The molecule has 0 aromatic heterocycles. The Labute approximate surface area is 137 Å². The van der Waals surface area contributed by atoms with Crippen LogP contribution in [0.5, 0.6) is 0 Å². The smallest absolute Gasteiger partial charge is 0.193 e. The molecule has 0 radical (unpaired) electrons. The molecule has 0 atom stereocenters. The minimum atomic E-state index is 0.0758. The Kier molecular flexibility index (Phi) is 4.38. The molecule has 3 rings (SSSR count). The molecular weight excluding hydrogens is 280 g/mol. The summed E-state index contributed by atoms with van der Waals surface area (Å²) in [6.07, 6.45) is 0.888. The van der Waals surface area contributed by atoms with Gasteiger partial charge in [0.25, 0.3) is 0 Å². The molecule has 114 valence electrons. The molecule has 0 bridgehead atoms. The first kappa shape index (κ1) is 15.2. The maximum absolute atomic E-state index is 12.5. The molecule has 0 unspecified atom stereocenters. The molecule has 0 fully saturated rings. The van der Waals surface area contributed by atoms with Gasteiger partial charge in [0.05, 0.1) is 0 Å². The van der Waals surface area contributed by atoms with E-state index in [1.165, 1.54) is 16.7 Å². The number of ketones is 1. The molecule has 0 aliphatic rings. The second-order valence-electron chi connectivity index (χ2n) is 6.05. The van der Waals surface area contributed by atoms with E-state index in [9.17, 15) is 4.79 Å². The number of carbonyl (C=O) groups is 1. The summed E-state index contributed by atoms with van der Waals surface area (Å²) in [6, 6.07) is 24.2. The highest BCUT2D eigenvalue weighted by molar-refractivity contribution is 6.08. The van der Waals surface area contributed by atoms with Gasteiger partial charge in [0.15, 0.2) is 5.78 Å². The van der Waals surface area contributed by atoms with Crippen molar-refractivity contribution >= 4 is 5.78 Å². The standard InChI is InChI=1S/C22H20O/c1-16-3-7-18(8-4-16)15-19-9-13-21(14-10-19)22(23)20-11-5-17(2)6-12-20/h3-14H,15H2,1-2H3. The lowest BCUT2D eigenvalue weighted by Gasteiger charge is -2.05. The minimum absolute atomic E-state index is 0.0758. The molecule has 0 aliphatic carbocycles. The fourth-order valence-corrected chi connectivity index (χ4v) is 2.59. The van der Waals surface area contributed by atoms with Gasteiger partial charge in [-0.3, -0.25) is 4.79 Å². The summed E-state index contributed by atoms with van der Waals surface area (Å²) in [6.45, 7) is 4.11. The van der Waals surface area contributed by atoms with Gasteiger partial charge in [-0.1, -0.05) is 83.9 Å². The van der Waals surface area contributed by atoms with E-state index in [0.29, 0.717) is 0 Å². The first-order valence-corrected chi connectivity index (χ1v) is 7.88. The molecule has 0 spiro atoms. The van der Waals surface area contributed by atoms with Crippen LogP contribution in [0.15, 0.2) is 72.8 Å². The number of hydrogen-bond donors (Lipinski definition) is 0. The fourth-order valence-electron chi connectivity index (χ4n) is 2.59. The van der Waals surface area contributed by atoms with E-state index in [0.717, 1.165) is 23.1 Å². The first-order valence-electron chi connectivity index (χ1n) is 7.88. The average Bonchev–Trinajstić information content (AvgIpc) is 2.58. The minimum Gasteiger partial charge on any atom is -0.289 e. The van der Waals surface area contributed by atoms with Gasteiger partial charge in [0, 0.05) is 11.1 Å². The summed E-state index contributed by atoms with van der Waals surface area (Å²) in [5, 5.41) is 0. The van der Waals surface area contributed by atoms with Gasteiger partial charge < -0.3 is 0 Å². The van der Waals surface area contributed by atoms with Crippen LogP contribution in [-0.2, 0) is 6.42 Å². The fraction of sp³-hybridized carbons (Fsp3) is 0.136. The molecule has 1 nitrogen and oxygen atoms in total. The molecule has 3 aromatic carbocycles. The second kappa shape index (κ2) is 6.62. The van der Waals surface area contributed by atoms with Gasteiger partial charge in [0.1, 0.15) is 0 Å². The van der Waals surface area contributed by atoms with Crippen molar-refractivity contribution in [1.29, 1.82) is 0 Å². The summed E-state index contributed by atoms with van der Waals surface area (Å²) in [4.78, 5) is 12.5. The van der Waals surface area contributed by atoms with Gasteiger partial charge in [0.2, 0.25) is 0 Å². The Bertz CT molecular complexity index is 794. The van der Waals surface area contributed by atoms with Crippen molar-refractivity contribution in [2.75, 3.05) is 0 Å². The topological polar surface area (TPSA) is 17.1 Å². The highest BCUT2D eigenvalue weighted by Gasteiger charge is 2.08. The Balaban J connectivity index is 1.75. The van der Waals surface area contributed by atoms with E-state index < -0.39 is 0 Å². The number of benzene rings is 3. The van der Waals surface area contributed by atoms with Crippen molar-refractivity contribution in [2.45, 2.75) is 20.3 Å². The van der Waals surface area contributed by atoms with E-state index in [1.54, 1.807) is 0 Å². The zero-order chi connectivity index (χ0) is 16.2. The van der Waals surface area contributed by atoms with Crippen LogP contribution < -0.4 is 0 Å². The van der Waals surface area contributed by atoms with Crippen LogP contribution in [0.3, 0.4) is 0 Å². The lowest BCUT2D eigenvalue weighted by molar-refractivity contribution is 0.103. The van der Waals surface area contributed by atoms with Crippen LogP contribution >= 0.6 is 0 Å². The predicted molar refractivity (Wildman–Crippen MR) is 95.0 cm³/mol. The Morgan fingerprint density at radius 1 is 0.609 bits per heavy atom. The zero-order valence-corrected chi connectivity index (χ0v) is 13.5. The Hall–Kier alpha value is -2.67. The molecule has 1 heteroatoms. The Morgan fingerprint density at radius 3 is 1.43 bits per heavy atom. The second-order valence-corrected chi connectivity index (χ2v) is 6.05. The van der Waals surface area contributed by atoms with E-state index >= 15 is 0 Å². The van der Waals surface area contributed by atoms with Crippen molar-refractivity contribution in [2.24, 2.45) is 0 Å².